The number of halogens is 1. The Balaban J connectivity index is 1.74. The highest BCUT2D eigenvalue weighted by Gasteiger charge is 2.45. The van der Waals surface area contributed by atoms with Crippen LogP contribution in [0.4, 0.5) is 4.39 Å². The summed E-state index contributed by atoms with van der Waals surface area (Å²) in [5.74, 6) is -0.694. The van der Waals surface area contributed by atoms with Crippen LogP contribution in [-0.4, -0.2) is 46.3 Å². The van der Waals surface area contributed by atoms with E-state index in [-0.39, 0.29) is 37.3 Å². The Morgan fingerprint density at radius 1 is 1.31 bits per heavy atom. The molecule has 0 bridgehead atoms. The lowest BCUT2D eigenvalue weighted by molar-refractivity contribution is -0.160. The number of esters is 1. The summed E-state index contributed by atoms with van der Waals surface area (Å²) in [6.45, 7) is 2.87. The highest BCUT2D eigenvalue weighted by Crippen LogP contribution is 2.36. The molecular formula is C22H28FN3O3. The fourth-order valence-electron chi connectivity index (χ4n) is 4.03. The Hall–Kier alpha value is -2.70. The molecule has 6 nitrogen and oxygen atoms in total. The van der Waals surface area contributed by atoms with Gasteiger partial charge in [-0.05, 0) is 49.8 Å². The van der Waals surface area contributed by atoms with Crippen molar-refractivity contribution in [2.75, 3.05) is 19.7 Å². The van der Waals surface area contributed by atoms with Gasteiger partial charge >= 0.3 is 5.97 Å². The largest absolute Gasteiger partial charge is 0.466 e. The zero-order chi connectivity index (χ0) is 20.9. The summed E-state index contributed by atoms with van der Waals surface area (Å²) < 4.78 is 21.3. The topological polar surface area (TPSA) is 64.4 Å². The number of nitrogens with zero attached hydrogens (tertiary/aromatic N) is 3. The van der Waals surface area contributed by atoms with Crippen molar-refractivity contribution in [1.29, 1.82) is 0 Å². The first kappa shape index (κ1) is 21.0. The van der Waals surface area contributed by atoms with Crippen LogP contribution in [0.15, 0.2) is 36.7 Å². The van der Waals surface area contributed by atoms with Crippen molar-refractivity contribution in [2.45, 2.75) is 39.0 Å². The lowest BCUT2D eigenvalue weighted by Gasteiger charge is -2.41. The number of amides is 1. The number of hydrogen-bond donors (Lipinski definition) is 0. The quantitative estimate of drug-likeness (QED) is 0.669. The Labute approximate surface area is 170 Å². The van der Waals surface area contributed by atoms with E-state index < -0.39 is 5.41 Å². The van der Waals surface area contributed by atoms with Crippen molar-refractivity contribution < 1.29 is 18.7 Å². The van der Waals surface area contributed by atoms with E-state index in [1.807, 2.05) is 13.2 Å². The molecule has 156 valence electrons. The molecule has 1 atom stereocenters. The van der Waals surface area contributed by atoms with E-state index in [1.54, 1.807) is 40.9 Å². The molecule has 1 aliphatic heterocycles. The van der Waals surface area contributed by atoms with Gasteiger partial charge in [0.1, 0.15) is 5.82 Å². The lowest BCUT2D eigenvalue weighted by atomic mass is 9.74. The van der Waals surface area contributed by atoms with E-state index in [1.165, 1.54) is 6.07 Å². The van der Waals surface area contributed by atoms with Gasteiger partial charge in [0, 0.05) is 32.8 Å². The number of ether oxygens (including phenoxy) is 1. The number of likely N-dealkylation sites (tertiary alicyclic amines) is 1. The predicted octanol–water partition coefficient (Wildman–Crippen LogP) is 2.91. The molecular weight excluding hydrogens is 373 g/mol. The molecule has 1 saturated heterocycles. The maximum Gasteiger partial charge on any atom is 0.314 e. The third-order valence-corrected chi connectivity index (χ3v) is 5.51. The molecule has 1 aromatic carbocycles. The second kappa shape index (κ2) is 9.20. The fraction of sp³-hybridized carbons (Fsp3) is 0.500. The van der Waals surface area contributed by atoms with Crippen LogP contribution in [0.2, 0.25) is 0 Å². The highest BCUT2D eigenvalue weighted by molar-refractivity contribution is 5.81. The molecule has 0 N–H and O–H groups in total. The summed E-state index contributed by atoms with van der Waals surface area (Å²) in [5.41, 5.74) is 0.562. The maximum atomic E-state index is 14.3. The molecule has 1 amide bonds. The summed E-state index contributed by atoms with van der Waals surface area (Å²) in [4.78, 5) is 27.5. The minimum atomic E-state index is -0.916. The minimum absolute atomic E-state index is 0.00393. The van der Waals surface area contributed by atoms with Crippen molar-refractivity contribution in [1.82, 2.24) is 14.7 Å². The summed E-state index contributed by atoms with van der Waals surface area (Å²) in [6, 6.07) is 6.48. The number of aryl methyl sites for hydroxylation is 2. The van der Waals surface area contributed by atoms with E-state index in [4.69, 9.17) is 4.74 Å². The van der Waals surface area contributed by atoms with E-state index in [0.717, 1.165) is 5.56 Å². The van der Waals surface area contributed by atoms with Crippen molar-refractivity contribution in [2.24, 2.45) is 12.5 Å². The third-order valence-electron chi connectivity index (χ3n) is 5.51. The van der Waals surface area contributed by atoms with Gasteiger partial charge in [-0.3, -0.25) is 14.3 Å². The van der Waals surface area contributed by atoms with Gasteiger partial charge in [-0.1, -0.05) is 18.2 Å². The van der Waals surface area contributed by atoms with Crippen LogP contribution in [-0.2, 0) is 34.2 Å². The van der Waals surface area contributed by atoms with Crippen LogP contribution < -0.4 is 0 Å². The molecule has 2 aromatic rings. The monoisotopic (exact) mass is 401 g/mol. The summed E-state index contributed by atoms with van der Waals surface area (Å²) in [6.07, 6.45) is 6.09. The van der Waals surface area contributed by atoms with Gasteiger partial charge in [-0.2, -0.15) is 5.10 Å². The van der Waals surface area contributed by atoms with E-state index in [2.05, 4.69) is 5.10 Å². The number of rotatable bonds is 7. The molecule has 1 fully saturated rings. The normalized spacial score (nSPS) is 19.2. The first-order chi connectivity index (χ1) is 13.9. The van der Waals surface area contributed by atoms with Crippen LogP contribution in [0.5, 0.6) is 0 Å². The molecule has 2 heterocycles. The highest BCUT2D eigenvalue weighted by atomic mass is 19.1. The Morgan fingerprint density at radius 3 is 2.79 bits per heavy atom. The van der Waals surface area contributed by atoms with Crippen LogP contribution >= 0.6 is 0 Å². The zero-order valence-corrected chi connectivity index (χ0v) is 17.1. The van der Waals surface area contributed by atoms with E-state index in [9.17, 15) is 14.0 Å². The van der Waals surface area contributed by atoms with Crippen LogP contribution in [0.1, 0.15) is 37.3 Å². The molecule has 1 aliphatic rings. The molecule has 7 heteroatoms. The van der Waals surface area contributed by atoms with Crippen LogP contribution in [0.25, 0.3) is 0 Å². The van der Waals surface area contributed by atoms with Gasteiger partial charge in [0.25, 0.3) is 0 Å². The van der Waals surface area contributed by atoms with Crippen molar-refractivity contribution in [3.8, 4) is 0 Å². The van der Waals surface area contributed by atoms with Gasteiger partial charge < -0.3 is 9.64 Å². The summed E-state index contributed by atoms with van der Waals surface area (Å²) in [7, 11) is 1.84. The Kier molecular flexibility index (Phi) is 6.67. The van der Waals surface area contributed by atoms with Gasteiger partial charge in [-0.15, -0.1) is 0 Å². The second-order valence-electron chi connectivity index (χ2n) is 7.71. The smallest absolute Gasteiger partial charge is 0.314 e. The first-order valence-electron chi connectivity index (χ1n) is 10.1. The lowest BCUT2D eigenvalue weighted by Crippen LogP contribution is -2.51. The average molecular weight is 401 g/mol. The average Bonchev–Trinajstić information content (AvgIpc) is 3.13. The molecule has 0 unspecified atom stereocenters. The standard InChI is InChI=1S/C22H28FN3O3/c1-3-29-21(28)22(13-18-7-4-5-8-19(18)23)11-6-12-26(16-22)20(27)10-9-17-14-24-25(2)15-17/h4-5,7-8,14-15H,3,6,9-13,16H2,1-2H3/t22-/m1/s1. The number of piperidine rings is 1. The number of carbonyl (C=O) groups is 2. The molecule has 0 radical (unpaired) electrons. The number of aromatic nitrogens is 2. The van der Waals surface area contributed by atoms with Crippen LogP contribution in [0, 0.1) is 11.2 Å². The van der Waals surface area contributed by atoms with E-state index in [0.29, 0.717) is 37.8 Å². The molecule has 1 aromatic heterocycles. The Bertz CT molecular complexity index is 866. The Morgan fingerprint density at radius 2 is 2.10 bits per heavy atom. The van der Waals surface area contributed by atoms with Gasteiger partial charge in [0.05, 0.1) is 18.2 Å². The number of benzene rings is 1. The van der Waals surface area contributed by atoms with Crippen molar-refractivity contribution in [3.63, 3.8) is 0 Å². The van der Waals surface area contributed by atoms with Gasteiger partial charge in [0.2, 0.25) is 5.91 Å². The van der Waals surface area contributed by atoms with Crippen molar-refractivity contribution in [3.05, 3.63) is 53.6 Å². The fourth-order valence-corrected chi connectivity index (χ4v) is 4.03. The minimum Gasteiger partial charge on any atom is -0.466 e. The zero-order valence-electron chi connectivity index (χ0n) is 17.1. The third kappa shape index (κ3) is 5.02. The summed E-state index contributed by atoms with van der Waals surface area (Å²) >= 11 is 0. The number of carbonyl (C=O) groups excluding carboxylic acids is 2. The second-order valence-corrected chi connectivity index (χ2v) is 7.71. The molecule has 0 saturated carbocycles. The molecule has 29 heavy (non-hydrogen) atoms. The maximum absolute atomic E-state index is 14.3. The predicted molar refractivity (Wildman–Crippen MR) is 107 cm³/mol. The summed E-state index contributed by atoms with van der Waals surface area (Å²) in [5, 5.41) is 4.12. The van der Waals surface area contributed by atoms with Crippen LogP contribution in [0.3, 0.4) is 0 Å². The van der Waals surface area contributed by atoms with Crippen molar-refractivity contribution >= 4 is 11.9 Å². The number of hydrogen-bond acceptors (Lipinski definition) is 4. The molecule has 3 rings (SSSR count). The van der Waals surface area contributed by atoms with E-state index >= 15 is 0 Å². The van der Waals surface area contributed by atoms with Gasteiger partial charge in [-0.25, -0.2) is 4.39 Å². The van der Waals surface area contributed by atoms with Gasteiger partial charge in [0.15, 0.2) is 0 Å². The molecule has 0 spiro atoms. The first-order valence-corrected chi connectivity index (χ1v) is 10.1. The molecule has 0 aliphatic carbocycles. The SMILES string of the molecule is CCOC(=O)[C@@]1(Cc2ccccc2F)CCCN(C(=O)CCc2cnn(C)c2)C1.